The molecule has 4 bridgehead atoms. The molecule has 126 valence electrons. The molecule has 1 aliphatic heterocycles. The highest BCUT2D eigenvalue weighted by Crippen LogP contribution is 2.57. The molecule has 5 fully saturated rings. The average Bonchev–Trinajstić information content (AvgIpc) is 2.44. The van der Waals surface area contributed by atoms with Crippen molar-refractivity contribution in [3.8, 4) is 0 Å². The first-order valence-electron chi connectivity index (χ1n) is 9.28. The van der Waals surface area contributed by atoms with Gasteiger partial charge in [0, 0.05) is 0 Å². The summed E-state index contributed by atoms with van der Waals surface area (Å²) in [5.74, 6) is 2.73. The van der Waals surface area contributed by atoms with Crippen LogP contribution in [-0.4, -0.2) is 67.8 Å². The first-order chi connectivity index (χ1) is 10.5. The van der Waals surface area contributed by atoms with E-state index in [1.807, 2.05) is 0 Å². The molecule has 4 nitrogen and oxygen atoms in total. The zero-order chi connectivity index (χ0) is 15.2. The second-order valence-electron chi connectivity index (χ2n) is 8.93. The molecule has 22 heavy (non-hydrogen) atoms. The molecule has 0 spiro atoms. The minimum atomic E-state index is -0.337. The Morgan fingerprint density at radius 2 is 1.64 bits per heavy atom. The van der Waals surface area contributed by atoms with E-state index >= 15 is 0 Å². The van der Waals surface area contributed by atoms with Gasteiger partial charge in [0.25, 0.3) is 0 Å². The molecule has 1 heterocycles. The predicted molar refractivity (Wildman–Crippen MR) is 84.5 cm³/mol. The van der Waals surface area contributed by atoms with Crippen molar-refractivity contribution >= 4 is 0 Å². The number of morpholine rings is 1. The summed E-state index contributed by atoms with van der Waals surface area (Å²) in [6.07, 6.45) is 7.76. The fourth-order valence-electron chi connectivity index (χ4n) is 6.01. The summed E-state index contributed by atoms with van der Waals surface area (Å²) in [7, 11) is 2.23. The molecule has 4 heteroatoms. The Balaban J connectivity index is 1.30. The summed E-state index contributed by atoms with van der Waals surface area (Å²) in [6, 6.07) is 0. The smallest absolute Gasteiger partial charge is 0.126 e. The van der Waals surface area contributed by atoms with Gasteiger partial charge in [0.05, 0.1) is 32.5 Å². The Bertz CT molecular complexity index is 370. The van der Waals surface area contributed by atoms with Gasteiger partial charge in [-0.05, 0) is 56.3 Å². The standard InChI is InChI=1S/C18H32NO3/c1-19(2-4-21-5-3-19)12-17(20)13-22-18-9-14-6-15(10-18)8-16(7-14)11-18/h14-17,20H,2-13H2,1H3/q+1/t14?,15?,16?,17-,18?/m0/s1. The highest BCUT2D eigenvalue weighted by atomic mass is 16.5. The van der Waals surface area contributed by atoms with Gasteiger partial charge in [-0.15, -0.1) is 0 Å². The molecular weight excluding hydrogens is 278 g/mol. The lowest BCUT2D eigenvalue weighted by atomic mass is 9.54. The van der Waals surface area contributed by atoms with Crippen LogP contribution >= 0.6 is 0 Å². The maximum Gasteiger partial charge on any atom is 0.126 e. The largest absolute Gasteiger partial charge is 0.385 e. The molecular formula is C18H32NO3+. The lowest BCUT2D eigenvalue weighted by molar-refractivity contribution is -0.919. The van der Waals surface area contributed by atoms with Gasteiger partial charge in [0.15, 0.2) is 0 Å². The van der Waals surface area contributed by atoms with Crippen LogP contribution in [-0.2, 0) is 9.47 Å². The lowest BCUT2D eigenvalue weighted by Crippen LogP contribution is -2.57. The average molecular weight is 310 g/mol. The normalized spacial score (nSPS) is 44.2. The zero-order valence-corrected chi connectivity index (χ0v) is 14.0. The van der Waals surface area contributed by atoms with Crippen LogP contribution < -0.4 is 0 Å². The summed E-state index contributed by atoms with van der Waals surface area (Å²) < 4.78 is 12.8. The van der Waals surface area contributed by atoms with E-state index in [1.165, 1.54) is 38.5 Å². The number of aliphatic hydroxyl groups excluding tert-OH is 1. The van der Waals surface area contributed by atoms with E-state index < -0.39 is 0 Å². The number of hydrogen-bond acceptors (Lipinski definition) is 3. The summed E-state index contributed by atoms with van der Waals surface area (Å²) >= 11 is 0. The predicted octanol–water partition coefficient (Wildman–Crippen LogP) is 1.81. The van der Waals surface area contributed by atoms with E-state index in [1.54, 1.807) is 0 Å². The summed E-state index contributed by atoms with van der Waals surface area (Å²) in [6.45, 7) is 4.98. The molecule has 5 rings (SSSR count). The molecule has 0 aromatic heterocycles. The highest BCUT2D eigenvalue weighted by molar-refractivity contribution is 5.03. The zero-order valence-electron chi connectivity index (χ0n) is 14.0. The fourth-order valence-corrected chi connectivity index (χ4v) is 6.01. The van der Waals surface area contributed by atoms with E-state index in [0.717, 1.165) is 55.1 Å². The van der Waals surface area contributed by atoms with Crippen LogP contribution in [0.25, 0.3) is 0 Å². The van der Waals surface area contributed by atoms with Gasteiger partial charge in [-0.1, -0.05) is 0 Å². The van der Waals surface area contributed by atoms with Crippen LogP contribution in [0.2, 0.25) is 0 Å². The Kier molecular flexibility index (Phi) is 4.00. The second-order valence-corrected chi connectivity index (χ2v) is 8.93. The number of aliphatic hydroxyl groups is 1. The SMILES string of the molecule is C[N+]1(C[C@H](O)COC23CC4CC(CC(C4)C2)C3)CCOCC1. The Labute approximate surface area is 134 Å². The molecule has 0 amide bonds. The quantitative estimate of drug-likeness (QED) is 0.787. The molecule has 0 aromatic carbocycles. The molecule has 0 radical (unpaired) electrons. The third-order valence-electron chi connectivity index (χ3n) is 6.77. The molecule has 1 saturated heterocycles. The lowest BCUT2D eigenvalue weighted by Gasteiger charge is -2.56. The van der Waals surface area contributed by atoms with E-state index in [0.29, 0.717) is 6.61 Å². The van der Waals surface area contributed by atoms with Gasteiger partial charge in [0.1, 0.15) is 25.7 Å². The van der Waals surface area contributed by atoms with Crippen LogP contribution in [0.15, 0.2) is 0 Å². The summed E-state index contributed by atoms with van der Waals surface area (Å²) in [4.78, 5) is 0. The van der Waals surface area contributed by atoms with Crippen LogP contribution in [0, 0.1) is 17.8 Å². The second kappa shape index (κ2) is 5.73. The van der Waals surface area contributed by atoms with E-state index in [2.05, 4.69) is 7.05 Å². The highest BCUT2D eigenvalue weighted by Gasteiger charge is 2.51. The van der Waals surface area contributed by atoms with Gasteiger partial charge in [0.2, 0.25) is 0 Å². The van der Waals surface area contributed by atoms with Crippen molar-refractivity contribution in [1.82, 2.24) is 0 Å². The van der Waals surface area contributed by atoms with Crippen molar-refractivity contribution in [2.45, 2.75) is 50.2 Å². The maximum atomic E-state index is 10.5. The van der Waals surface area contributed by atoms with Crippen LogP contribution in [0.1, 0.15) is 38.5 Å². The van der Waals surface area contributed by atoms with Crippen molar-refractivity contribution in [1.29, 1.82) is 0 Å². The first kappa shape index (κ1) is 15.4. The third kappa shape index (κ3) is 3.08. The Hall–Kier alpha value is -0.160. The van der Waals surface area contributed by atoms with Gasteiger partial charge in [-0.3, -0.25) is 0 Å². The van der Waals surface area contributed by atoms with Gasteiger partial charge in [-0.2, -0.15) is 0 Å². The molecule has 4 aliphatic carbocycles. The Morgan fingerprint density at radius 3 is 2.18 bits per heavy atom. The van der Waals surface area contributed by atoms with Crippen LogP contribution in [0.5, 0.6) is 0 Å². The van der Waals surface area contributed by atoms with E-state index in [9.17, 15) is 5.11 Å². The molecule has 0 unspecified atom stereocenters. The Morgan fingerprint density at radius 1 is 1.09 bits per heavy atom. The third-order valence-corrected chi connectivity index (χ3v) is 6.77. The van der Waals surface area contributed by atoms with Crippen LogP contribution in [0.4, 0.5) is 0 Å². The number of quaternary nitrogens is 1. The number of hydrogen-bond donors (Lipinski definition) is 1. The van der Waals surface area contributed by atoms with Gasteiger partial charge in [-0.25, -0.2) is 0 Å². The first-order valence-corrected chi connectivity index (χ1v) is 9.28. The van der Waals surface area contributed by atoms with Crippen molar-refractivity contribution in [3.05, 3.63) is 0 Å². The fraction of sp³-hybridized carbons (Fsp3) is 1.00. The molecule has 1 atom stereocenters. The molecule has 0 aromatic rings. The van der Waals surface area contributed by atoms with Crippen LogP contribution in [0.3, 0.4) is 0 Å². The number of nitrogens with zero attached hydrogens (tertiary/aromatic N) is 1. The van der Waals surface area contributed by atoms with Crippen molar-refractivity contribution in [3.63, 3.8) is 0 Å². The molecule has 4 saturated carbocycles. The van der Waals surface area contributed by atoms with Crippen molar-refractivity contribution in [2.24, 2.45) is 17.8 Å². The number of likely N-dealkylation sites (N-methyl/N-ethyl adjacent to an activating group) is 1. The van der Waals surface area contributed by atoms with E-state index in [4.69, 9.17) is 9.47 Å². The van der Waals surface area contributed by atoms with Crippen molar-refractivity contribution in [2.75, 3.05) is 46.5 Å². The minimum absolute atomic E-state index is 0.124. The molecule has 5 aliphatic rings. The number of ether oxygens (including phenoxy) is 2. The number of rotatable bonds is 5. The van der Waals surface area contributed by atoms with Gasteiger partial charge < -0.3 is 19.1 Å². The molecule has 1 N–H and O–H groups in total. The monoisotopic (exact) mass is 310 g/mol. The summed E-state index contributed by atoms with van der Waals surface area (Å²) in [5, 5.41) is 10.5. The van der Waals surface area contributed by atoms with Crippen molar-refractivity contribution < 1.29 is 19.1 Å². The summed E-state index contributed by atoms with van der Waals surface area (Å²) in [5.41, 5.74) is 0.124. The van der Waals surface area contributed by atoms with E-state index in [-0.39, 0.29) is 11.7 Å². The van der Waals surface area contributed by atoms with Gasteiger partial charge >= 0.3 is 0 Å². The minimum Gasteiger partial charge on any atom is -0.385 e. The maximum absolute atomic E-state index is 10.5. The topological polar surface area (TPSA) is 38.7 Å².